The Balaban J connectivity index is 2.67. The number of hydrogen-bond acceptors (Lipinski definition) is 2. The van der Waals surface area contributed by atoms with Crippen LogP contribution in [0.2, 0.25) is 0 Å². The third-order valence-electron chi connectivity index (χ3n) is 2.97. The molecule has 1 rings (SSSR count). The number of rotatable bonds is 5. The predicted molar refractivity (Wildman–Crippen MR) is 68.5 cm³/mol. The predicted octanol–water partition coefficient (Wildman–Crippen LogP) is 2.61. The SMILES string of the molecule is CCCNC(Cn1nccc1C)C(C)(C)C. The molecule has 0 aliphatic rings. The van der Waals surface area contributed by atoms with Crippen molar-refractivity contribution in [1.82, 2.24) is 15.1 Å². The van der Waals surface area contributed by atoms with E-state index in [1.165, 1.54) is 12.1 Å². The molecule has 3 heteroatoms. The van der Waals surface area contributed by atoms with Gasteiger partial charge < -0.3 is 5.32 Å². The molecule has 16 heavy (non-hydrogen) atoms. The molecule has 0 radical (unpaired) electrons. The van der Waals surface area contributed by atoms with Gasteiger partial charge in [0.1, 0.15) is 0 Å². The van der Waals surface area contributed by atoms with E-state index in [9.17, 15) is 0 Å². The molecular formula is C13H25N3. The molecule has 0 saturated heterocycles. The van der Waals surface area contributed by atoms with Crippen LogP contribution in [0.3, 0.4) is 0 Å². The molecule has 3 nitrogen and oxygen atoms in total. The number of nitrogens with zero attached hydrogens (tertiary/aromatic N) is 2. The van der Waals surface area contributed by atoms with E-state index in [2.05, 4.69) is 55.8 Å². The second kappa shape index (κ2) is 5.48. The van der Waals surface area contributed by atoms with Gasteiger partial charge >= 0.3 is 0 Å². The Morgan fingerprint density at radius 2 is 2.12 bits per heavy atom. The van der Waals surface area contributed by atoms with E-state index >= 15 is 0 Å². The molecule has 0 aliphatic carbocycles. The Labute approximate surface area is 99.2 Å². The van der Waals surface area contributed by atoms with Gasteiger partial charge in [-0.15, -0.1) is 0 Å². The molecule has 1 heterocycles. The zero-order valence-corrected chi connectivity index (χ0v) is 11.2. The van der Waals surface area contributed by atoms with Crippen LogP contribution in [0.25, 0.3) is 0 Å². The molecule has 0 amide bonds. The Bertz CT molecular complexity index is 309. The number of aromatic nitrogens is 2. The molecule has 1 aromatic rings. The molecule has 0 saturated carbocycles. The van der Waals surface area contributed by atoms with Crippen molar-refractivity contribution < 1.29 is 0 Å². The normalized spacial score (nSPS) is 14.1. The van der Waals surface area contributed by atoms with E-state index in [1.807, 2.05) is 6.20 Å². The first-order chi connectivity index (χ1) is 7.45. The molecule has 1 atom stereocenters. The monoisotopic (exact) mass is 223 g/mol. The van der Waals surface area contributed by atoms with Crippen molar-refractivity contribution in [2.75, 3.05) is 6.54 Å². The van der Waals surface area contributed by atoms with Gasteiger partial charge in [-0.25, -0.2) is 0 Å². The number of nitrogens with one attached hydrogen (secondary N) is 1. The third-order valence-corrected chi connectivity index (χ3v) is 2.97. The van der Waals surface area contributed by atoms with Gasteiger partial charge in [0.2, 0.25) is 0 Å². The van der Waals surface area contributed by atoms with Crippen molar-refractivity contribution in [3.8, 4) is 0 Å². The van der Waals surface area contributed by atoms with Crippen molar-refractivity contribution in [1.29, 1.82) is 0 Å². The lowest BCUT2D eigenvalue weighted by Gasteiger charge is -2.32. The Morgan fingerprint density at radius 3 is 2.56 bits per heavy atom. The second-order valence-corrected chi connectivity index (χ2v) is 5.53. The summed E-state index contributed by atoms with van der Waals surface area (Å²) in [6.07, 6.45) is 3.04. The highest BCUT2D eigenvalue weighted by atomic mass is 15.3. The first kappa shape index (κ1) is 13.2. The largest absolute Gasteiger partial charge is 0.312 e. The molecule has 1 unspecified atom stereocenters. The average Bonchev–Trinajstić information content (AvgIpc) is 2.57. The van der Waals surface area contributed by atoms with Crippen LogP contribution in [0.15, 0.2) is 12.3 Å². The summed E-state index contributed by atoms with van der Waals surface area (Å²) in [5.41, 5.74) is 1.49. The zero-order chi connectivity index (χ0) is 12.2. The molecule has 0 aromatic carbocycles. The highest BCUT2D eigenvalue weighted by Crippen LogP contribution is 2.21. The van der Waals surface area contributed by atoms with Gasteiger partial charge in [-0.05, 0) is 31.4 Å². The molecule has 92 valence electrons. The summed E-state index contributed by atoms with van der Waals surface area (Å²) in [6.45, 7) is 13.2. The van der Waals surface area contributed by atoms with Crippen LogP contribution in [0.5, 0.6) is 0 Å². The minimum absolute atomic E-state index is 0.258. The van der Waals surface area contributed by atoms with Crippen molar-refractivity contribution in [3.05, 3.63) is 18.0 Å². The summed E-state index contributed by atoms with van der Waals surface area (Å²) in [5, 5.41) is 7.97. The second-order valence-electron chi connectivity index (χ2n) is 5.53. The van der Waals surface area contributed by atoms with Gasteiger partial charge in [-0.1, -0.05) is 27.7 Å². The highest BCUT2D eigenvalue weighted by molar-refractivity contribution is 4.97. The minimum Gasteiger partial charge on any atom is -0.312 e. The van der Waals surface area contributed by atoms with Crippen molar-refractivity contribution in [2.24, 2.45) is 5.41 Å². The molecule has 0 bridgehead atoms. The van der Waals surface area contributed by atoms with Gasteiger partial charge in [0.15, 0.2) is 0 Å². The quantitative estimate of drug-likeness (QED) is 0.831. The summed E-state index contributed by atoms with van der Waals surface area (Å²) in [6, 6.07) is 2.52. The van der Waals surface area contributed by atoms with Crippen LogP contribution in [-0.4, -0.2) is 22.4 Å². The summed E-state index contributed by atoms with van der Waals surface area (Å²) in [4.78, 5) is 0. The first-order valence-corrected chi connectivity index (χ1v) is 6.17. The summed E-state index contributed by atoms with van der Waals surface area (Å²) in [7, 11) is 0. The molecule has 1 N–H and O–H groups in total. The summed E-state index contributed by atoms with van der Waals surface area (Å²) >= 11 is 0. The van der Waals surface area contributed by atoms with E-state index < -0.39 is 0 Å². The van der Waals surface area contributed by atoms with E-state index in [4.69, 9.17) is 0 Å². The van der Waals surface area contributed by atoms with Gasteiger partial charge in [-0.3, -0.25) is 4.68 Å². The topological polar surface area (TPSA) is 29.9 Å². The maximum Gasteiger partial charge on any atom is 0.0570 e. The van der Waals surface area contributed by atoms with E-state index in [0.717, 1.165) is 13.1 Å². The average molecular weight is 223 g/mol. The fourth-order valence-corrected chi connectivity index (χ4v) is 1.73. The van der Waals surface area contributed by atoms with Crippen LogP contribution >= 0.6 is 0 Å². The smallest absolute Gasteiger partial charge is 0.0570 e. The molecular weight excluding hydrogens is 198 g/mol. The Kier molecular flexibility index (Phi) is 4.54. The number of hydrogen-bond donors (Lipinski definition) is 1. The maximum absolute atomic E-state index is 4.35. The van der Waals surface area contributed by atoms with E-state index in [-0.39, 0.29) is 5.41 Å². The number of aryl methyl sites for hydroxylation is 1. The molecule has 0 spiro atoms. The van der Waals surface area contributed by atoms with Gasteiger partial charge in [-0.2, -0.15) is 5.10 Å². The first-order valence-electron chi connectivity index (χ1n) is 6.17. The Hall–Kier alpha value is -0.830. The van der Waals surface area contributed by atoms with Crippen molar-refractivity contribution in [2.45, 2.75) is 53.6 Å². The zero-order valence-electron chi connectivity index (χ0n) is 11.2. The fraction of sp³-hybridized carbons (Fsp3) is 0.769. The summed E-state index contributed by atoms with van der Waals surface area (Å²) in [5.74, 6) is 0. The fourth-order valence-electron chi connectivity index (χ4n) is 1.73. The van der Waals surface area contributed by atoms with E-state index in [0.29, 0.717) is 6.04 Å². The van der Waals surface area contributed by atoms with Gasteiger partial charge in [0, 0.05) is 17.9 Å². The van der Waals surface area contributed by atoms with E-state index in [1.54, 1.807) is 0 Å². The van der Waals surface area contributed by atoms with Crippen LogP contribution in [0.1, 0.15) is 39.8 Å². The third kappa shape index (κ3) is 3.63. The Morgan fingerprint density at radius 1 is 1.44 bits per heavy atom. The van der Waals surface area contributed by atoms with Crippen LogP contribution < -0.4 is 5.32 Å². The lowest BCUT2D eigenvalue weighted by atomic mass is 9.86. The van der Waals surface area contributed by atoms with Gasteiger partial charge in [0.25, 0.3) is 0 Å². The van der Waals surface area contributed by atoms with Crippen LogP contribution in [0.4, 0.5) is 0 Å². The summed E-state index contributed by atoms with van der Waals surface area (Å²) < 4.78 is 2.08. The van der Waals surface area contributed by atoms with Crippen molar-refractivity contribution >= 4 is 0 Å². The maximum atomic E-state index is 4.35. The molecule has 0 aliphatic heterocycles. The minimum atomic E-state index is 0.258. The lowest BCUT2D eigenvalue weighted by molar-refractivity contribution is 0.234. The van der Waals surface area contributed by atoms with Crippen LogP contribution in [0, 0.1) is 12.3 Å². The molecule has 0 fully saturated rings. The lowest BCUT2D eigenvalue weighted by Crippen LogP contribution is -2.44. The van der Waals surface area contributed by atoms with Crippen LogP contribution in [-0.2, 0) is 6.54 Å². The molecule has 1 aromatic heterocycles. The van der Waals surface area contributed by atoms with Crippen molar-refractivity contribution in [3.63, 3.8) is 0 Å². The van der Waals surface area contributed by atoms with Gasteiger partial charge in [0.05, 0.1) is 6.54 Å². The highest BCUT2D eigenvalue weighted by Gasteiger charge is 2.24. The standard InChI is InChI=1S/C13H25N3/c1-6-8-14-12(13(3,4)5)10-16-11(2)7-9-15-16/h7,9,12,14H,6,8,10H2,1-5H3.